The summed E-state index contributed by atoms with van der Waals surface area (Å²) < 4.78 is 5.44. The predicted molar refractivity (Wildman–Crippen MR) is 136 cm³/mol. The Morgan fingerprint density at radius 2 is 1.69 bits per heavy atom. The van der Waals surface area contributed by atoms with Gasteiger partial charge in [0.2, 0.25) is 5.91 Å². The Hall–Kier alpha value is -3.75. The number of hydrogen-bond acceptors (Lipinski definition) is 5. The molecule has 0 saturated carbocycles. The zero-order chi connectivity index (χ0) is 25.1. The van der Waals surface area contributed by atoms with Gasteiger partial charge in [-0.05, 0) is 34.9 Å². The average Bonchev–Trinajstić information content (AvgIpc) is 3.12. The van der Waals surface area contributed by atoms with Crippen molar-refractivity contribution in [3.05, 3.63) is 83.9 Å². The van der Waals surface area contributed by atoms with Crippen LogP contribution < -0.4 is 10.6 Å². The van der Waals surface area contributed by atoms with Gasteiger partial charge in [0.05, 0.1) is 19.3 Å². The van der Waals surface area contributed by atoms with Gasteiger partial charge in [0.25, 0.3) is 5.91 Å². The molecule has 8 heteroatoms. The van der Waals surface area contributed by atoms with Crippen molar-refractivity contribution in [1.82, 2.24) is 20.4 Å². The minimum absolute atomic E-state index is 0.274. The van der Waals surface area contributed by atoms with Crippen molar-refractivity contribution in [3.63, 3.8) is 0 Å². The predicted octanol–water partition coefficient (Wildman–Crippen LogP) is 2.80. The second-order valence-corrected chi connectivity index (χ2v) is 9.45. The molecule has 3 aromatic rings. The number of carbonyl (C=O) groups is 3. The highest BCUT2D eigenvalue weighted by Gasteiger charge is 2.49. The van der Waals surface area contributed by atoms with Gasteiger partial charge in [0, 0.05) is 19.6 Å². The van der Waals surface area contributed by atoms with E-state index in [1.165, 1.54) is 0 Å². The smallest absolute Gasteiger partial charge is 0.325 e. The number of urea groups is 1. The number of imide groups is 1. The van der Waals surface area contributed by atoms with Crippen molar-refractivity contribution < 1.29 is 19.1 Å². The second kappa shape index (κ2) is 10.1. The van der Waals surface area contributed by atoms with Crippen LogP contribution in [0.25, 0.3) is 10.8 Å². The minimum Gasteiger partial charge on any atom is -0.379 e. The highest BCUT2D eigenvalue weighted by atomic mass is 16.5. The molecule has 2 N–H and O–H groups in total. The molecule has 0 unspecified atom stereocenters. The van der Waals surface area contributed by atoms with E-state index in [-0.39, 0.29) is 18.5 Å². The largest absolute Gasteiger partial charge is 0.379 e. The van der Waals surface area contributed by atoms with Crippen LogP contribution in [0.15, 0.2) is 72.8 Å². The van der Waals surface area contributed by atoms with Gasteiger partial charge in [-0.25, -0.2) is 4.79 Å². The maximum atomic E-state index is 13.4. The molecular formula is C28H30N4O4. The van der Waals surface area contributed by atoms with Crippen LogP contribution in [0.3, 0.4) is 0 Å². The van der Waals surface area contributed by atoms with Gasteiger partial charge in [0.1, 0.15) is 12.1 Å². The number of hydrogen-bond donors (Lipinski definition) is 2. The fourth-order valence-electron chi connectivity index (χ4n) is 4.88. The number of carbonyl (C=O) groups excluding carboxylic acids is 3. The quantitative estimate of drug-likeness (QED) is 0.501. The van der Waals surface area contributed by atoms with E-state index in [1.807, 2.05) is 72.8 Å². The second-order valence-electron chi connectivity index (χ2n) is 9.45. The van der Waals surface area contributed by atoms with Gasteiger partial charge >= 0.3 is 6.03 Å². The molecule has 186 valence electrons. The summed E-state index contributed by atoms with van der Waals surface area (Å²) in [6.45, 7) is 4.85. The Labute approximate surface area is 210 Å². The number of nitrogens with one attached hydrogen (secondary N) is 2. The lowest BCUT2D eigenvalue weighted by Crippen LogP contribution is -2.47. The van der Waals surface area contributed by atoms with E-state index < -0.39 is 17.5 Å². The fourth-order valence-corrected chi connectivity index (χ4v) is 4.88. The topological polar surface area (TPSA) is 91.0 Å². The van der Waals surface area contributed by atoms with Gasteiger partial charge in [0.15, 0.2) is 0 Å². The molecule has 5 rings (SSSR count). The van der Waals surface area contributed by atoms with Crippen LogP contribution in [0.2, 0.25) is 0 Å². The van der Waals surface area contributed by atoms with Crippen molar-refractivity contribution in [2.24, 2.45) is 0 Å². The average molecular weight is 487 g/mol. The number of rotatable bonds is 7. The summed E-state index contributed by atoms with van der Waals surface area (Å²) in [5, 5.41) is 7.87. The van der Waals surface area contributed by atoms with Gasteiger partial charge < -0.3 is 15.4 Å². The molecule has 0 spiro atoms. The molecule has 2 aliphatic rings. The Kier molecular flexibility index (Phi) is 6.71. The van der Waals surface area contributed by atoms with Crippen LogP contribution in [0.1, 0.15) is 24.1 Å². The molecule has 0 radical (unpaired) electrons. The van der Waals surface area contributed by atoms with E-state index in [0.29, 0.717) is 25.3 Å². The van der Waals surface area contributed by atoms with Crippen molar-refractivity contribution in [2.45, 2.75) is 18.5 Å². The molecule has 0 bridgehead atoms. The zero-order valence-corrected chi connectivity index (χ0v) is 20.3. The van der Waals surface area contributed by atoms with Crippen molar-refractivity contribution in [3.8, 4) is 0 Å². The van der Waals surface area contributed by atoms with Crippen molar-refractivity contribution in [1.29, 1.82) is 0 Å². The lowest BCUT2D eigenvalue weighted by atomic mass is 9.90. The van der Waals surface area contributed by atoms with Gasteiger partial charge in [-0.2, -0.15) is 0 Å². The van der Waals surface area contributed by atoms with E-state index in [1.54, 1.807) is 6.92 Å². The SMILES string of the molecule is C[C@@]1(c2ccc3ccccc3c2)NC(=O)N(CC(=O)N[C@H](CN2CCOCC2)c2ccccc2)C1=O. The first-order valence-electron chi connectivity index (χ1n) is 12.2. The summed E-state index contributed by atoms with van der Waals surface area (Å²) in [6.07, 6.45) is 0. The Balaban J connectivity index is 1.31. The summed E-state index contributed by atoms with van der Waals surface area (Å²) in [4.78, 5) is 42.6. The van der Waals surface area contributed by atoms with Crippen LogP contribution in [0, 0.1) is 0 Å². The summed E-state index contributed by atoms with van der Waals surface area (Å²) in [5.74, 6) is -0.828. The van der Waals surface area contributed by atoms with Crippen molar-refractivity contribution >= 4 is 28.6 Å². The Bertz CT molecular complexity index is 1270. The molecule has 2 aliphatic heterocycles. The number of fused-ring (bicyclic) bond motifs is 1. The molecular weight excluding hydrogens is 456 g/mol. The first-order chi connectivity index (χ1) is 17.4. The van der Waals surface area contributed by atoms with Gasteiger partial charge in [-0.3, -0.25) is 19.4 Å². The van der Waals surface area contributed by atoms with E-state index in [0.717, 1.165) is 34.3 Å². The lowest BCUT2D eigenvalue weighted by Gasteiger charge is -2.31. The maximum absolute atomic E-state index is 13.4. The Morgan fingerprint density at radius 1 is 1.00 bits per heavy atom. The van der Waals surface area contributed by atoms with E-state index in [4.69, 9.17) is 4.74 Å². The van der Waals surface area contributed by atoms with Crippen LogP contribution in [-0.2, 0) is 19.9 Å². The van der Waals surface area contributed by atoms with Crippen LogP contribution in [0.4, 0.5) is 4.79 Å². The monoisotopic (exact) mass is 486 g/mol. The van der Waals surface area contributed by atoms with E-state index in [9.17, 15) is 14.4 Å². The van der Waals surface area contributed by atoms with Crippen LogP contribution in [0.5, 0.6) is 0 Å². The van der Waals surface area contributed by atoms with E-state index >= 15 is 0 Å². The number of benzene rings is 3. The molecule has 2 heterocycles. The molecule has 2 fully saturated rings. The molecule has 3 aromatic carbocycles. The molecule has 8 nitrogen and oxygen atoms in total. The molecule has 4 amide bonds. The van der Waals surface area contributed by atoms with Crippen molar-refractivity contribution in [2.75, 3.05) is 39.4 Å². The van der Waals surface area contributed by atoms with E-state index in [2.05, 4.69) is 15.5 Å². The third-order valence-corrected chi connectivity index (χ3v) is 6.99. The summed E-state index contributed by atoms with van der Waals surface area (Å²) in [5.41, 5.74) is 0.404. The molecule has 36 heavy (non-hydrogen) atoms. The number of nitrogens with zero attached hydrogens (tertiary/aromatic N) is 2. The highest BCUT2D eigenvalue weighted by molar-refractivity contribution is 6.09. The first-order valence-corrected chi connectivity index (χ1v) is 12.2. The number of morpholine rings is 1. The van der Waals surface area contributed by atoms with Crippen LogP contribution in [-0.4, -0.2) is 67.0 Å². The highest BCUT2D eigenvalue weighted by Crippen LogP contribution is 2.31. The fraction of sp³-hybridized carbons (Fsp3) is 0.321. The summed E-state index contributed by atoms with van der Waals surface area (Å²) in [6, 6.07) is 22.4. The zero-order valence-electron chi connectivity index (χ0n) is 20.3. The summed E-state index contributed by atoms with van der Waals surface area (Å²) in [7, 11) is 0. The summed E-state index contributed by atoms with van der Waals surface area (Å²) >= 11 is 0. The van der Waals surface area contributed by atoms with Gasteiger partial charge in [-0.15, -0.1) is 0 Å². The normalized spacial score (nSPS) is 21.4. The lowest BCUT2D eigenvalue weighted by molar-refractivity contribution is -0.135. The molecule has 0 aliphatic carbocycles. The van der Waals surface area contributed by atoms with Gasteiger partial charge in [-0.1, -0.05) is 66.7 Å². The standard InChI is InChI=1S/C28H30N4O4/c1-28(23-12-11-20-7-5-6-10-22(20)17-23)26(34)32(27(35)30-28)19-25(33)29-24(21-8-3-2-4-9-21)18-31-13-15-36-16-14-31/h2-12,17,24H,13-16,18-19H2,1H3,(H,29,33)(H,30,35)/t24-,28+/m1/s1. The van der Waals surface area contributed by atoms with Crippen LogP contribution >= 0.6 is 0 Å². The Morgan fingerprint density at radius 3 is 2.44 bits per heavy atom. The maximum Gasteiger partial charge on any atom is 0.325 e. The first kappa shape index (κ1) is 24.0. The number of ether oxygens (including phenoxy) is 1. The minimum atomic E-state index is -1.24. The molecule has 2 saturated heterocycles. The molecule has 2 atom stereocenters. The molecule has 0 aromatic heterocycles. The third kappa shape index (κ3) is 4.82. The third-order valence-electron chi connectivity index (χ3n) is 6.99. The number of amides is 4.